The minimum atomic E-state index is 0. The number of nitrogens with zero attached hydrogens (tertiary/aromatic N) is 1. The third-order valence-electron chi connectivity index (χ3n) is 6.26. The van der Waals surface area contributed by atoms with Crippen molar-refractivity contribution in [2.24, 2.45) is 5.92 Å². The van der Waals surface area contributed by atoms with E-state index in [1.54, 1.807) is 0 Å². The maximum absolute atomic E-state index is 13.1. The predicted octanol–water partition coefficient (Wildman–Crippen LogP) is 3.37. The highest BCUT2D eigenvalue weighted by molar-refractivity contribution is 6.07. The molecule has 2 fully saturated rings. The van der Waals surface area contributed by atoms with Crippen LogP contribution in [0.2, 0.25) is 0 Å². The van der Waals surface area contributed by atoms with E-state index in [0.29, 0.717) is 19.1 Å². The van der Waals surface area contributed by atoms with Gasteiger partial charge in [0.05, 0.1) is 0 Å². The Morgan fingerprint density at radius 1 is 1.03 bits per heavy atom. The van der Waals surface area contributed by atoms with Crippen molar-refractivity contribution in [1.82, 2.24) is 15.5 Å². The monoisotopic (exact) mass is 415 g/mol. The summed E-state index contributed by atoms with van der Waals surface area (Å²) in [5.74, 6) is 0.226. The predicted molar refractivity (Wildman–Crippen MR) is 118 cm³/mol. The van der Waals surface area contributed by atoms with Crippen LogP contribution in [-0.2, 0) is 4.79 Å². The van der Waals surface area contributed by atoms with Gasteiger partial charge in [-0.1, -0.05) is 36.4 Å². The molecule has 29 heavy (non-hydrogen) atoms. The molecule has 0 aliphatic carbocycles. The Morgan fingerprint density at radius 3 is 2.52 bits per heavy atom. The van der Waals surface area contributed by atoms with Crippen molar-refractivity contribution in [2.75, 3.05) is 19.6 Å². The molecule has 5 nitrogen and oxygen atoms in total. The third-order valence-corrected chi connectivity index (χ3v) is 6.26. The lowest BCUT2D eigenvalue weighted by Gasteiger charge is -2.35. The number of benzene rings is 2. The van der Waals surface area contributed by atoms with E-state index >= 15 is 0 Å². The Kier molecular flexibility index (Phi) is 7.14. The largest absolute Gasteiger partial charge is 0.352 e. The lowest BCUT2D eigenvalue weighted by Crippen LogP contribution is -2.54. The molecule has 0 spiro atoms. The SMILES string of the molecule is CC1NCCCC1NC(=O)C1CCN(C(=O)c2cccc3ccccc23)CC1.Cl. The number of hydrogen-bond donors (Lipinski definition) is 2. The Balaban J connectivity index is 0.00000240. The molecule has 2 heterocycles. The van der Waals surface area contributed by atoms with Gasteiger partial charge in [-0.2, -0.15) is 0 Å². The Bertz CT molecular complexity index is 859. The minimum Gasteiger partial charge on any atom is -0.352 e. The molecule has 2 N–H and O–H groups in total. The molecular weight excluding hydrogens is 386 g/mol. The fraction of sp³-hybridized carbons (Fsp3) is 0.478. The standard InChI is InChI=1S/C23H29N3O2.ClH/c1-16-21(10-5-13-24-16)25-22(27)18-11-14-26(15-12-18)23(28)20-9-4-7-17-6-2-3-8-19(17)20;/h2-4,6-9,16,18,21,24H,5,10-15H2,1H3,(H,25,27);1H. The zero-order valence-electron chi connectivity index (χ0n) is 16.9. The van der Waals surface area contributed by atoms with Gasteiger partial charge in [0, 0.05) is 36.7 Å². The number of amides is 2. The van der Waals surface area contributed by atoms with Crippen LogP contribution in [0.1, 0.15) is 43.0 Å². The van der Waals surface area contributed by atoms with Crippen LogP contribution >= 0.6 is 12.4 Å². The molecule has 4 rings (SSSR count). The Morgan fingerprint density at radius 2 is 1.76 bits per heavy atom. The number of halogens is 1. The topological polar surface area (TPSA) is 61.4 Å². The molecule has 2 aliphatic rings. The van der Waals surface area contributed by atoms with Crippen molar-refractivity contribution in [3.8, 4) is 0 Å². The lowest BCUT2D eigenvalue weighted by atomic mass is 9.93. The van der Waals surface area contributed by atoms with E-state index in [-0.39, 0.29) is 36.2 Å². The van der Waals surface area contributed by atoms with Gasteiger partial charge in [0.1, 0.15) is 0 Å². The highest BCUT2D eigenvalue weighted by Crippen LogP contribution is 2.24. The molecule has 2 amide bonds. The molecule has 2 aromatic carbocycles. The van der Waals surface area contributed by atoms with Crippen molar-refractivity contribution in [1.29, 1.82) is 0 Å². The average molecular weight is 416 g/mol. The fourth-order valence-electron chi connectivity index (χ4n) is 4.47. The van der Waals surface area contributed by atoms with Crippen LogP contribution in [0.4, 0.5) is 0 Å². The van der Waals surface area contributed by atoms with Crippen LogP contribution < -0.4 is 10.6 Å². The summed E-state index contributed by atoms with van der Waals surface area (Å²) in [6.07, 6.45) is 3.61. The second-order valence-corrected chi connectivity index (χ2v) is 8.09. The summed E-state index contributed by atoms with van der Waals surface area (Å²) in [5.41, 5.74) is 0.753. The molecule has 2 aliphatic heterocycles. The summed E-state index contributed by atoms with van der Waals surface area (Å²) in [5, 5.41) is 8.74. The van der Waals surface area contributed by atoms with E-state index in [2.05, 4.69) is 17.6 Å². The van der Waals surface area contributed by atoms with Gasteiger partial charge in [-0.15, -0.1) is 12.4 Å². The summed E-state index contributed by atoms with van der Waals surface area (Å²) in [4.78, 5) is 27.7. The molecule has 0 bridgehead atoms. The van der Waals surface area contributed by atoms with Crippen LogP contribution in [0.25, 0.3) is 10.8 Å². The number of fused-ring (bicyclic) bond motifs is 1. The number of carbonyl (C=O) groups is 2. The summed E-state index contributed by atoms with van der Waals surface area (Å²) in [6, 6.07) is 14.4. The van der Waals surface area contributed by atoms with E-state index in [4.69, 9.17) is 0 Å². The lowest BCUT2D eigenvalue weighted by molar-refractivity contribution is -0.127. The van der Waals surface area contributed by atoms with Gasteiger partial charge in [0.2, 0.25) is 5.91 Å². The van der Waals surface area contributed by atoms with Crippen LogP contribution in [-0.4, -0.2) is 48.4 Å². The summed E-state index contributed by atoms with van der Waals surface area (Å²) in [6.45, 7) is 4.44. The van der Waals surface area contributed by atoms with Crippen LogP contribution in [0.3, 0.4) is 0 Å². The summed E-state index contributed by atoms with van der Waals surface area (Å²) in [7, 11) is 0. The molecule has 2 unspecified atom stereocenters. The van der Waals surface area contributed by atoms with E-state index in [9.17, 15) is 9.59 Å². The molecule has 6 heteroatoms. The van der Waals surface area contributed by atoms with Crippen LogP contribution in [0.5, 0.6) is 0 Å². The van der Waals surface area contributed by atoms with Crippen molar-refractivity contribution >= 4 is 35.0 Å². The molecular formula is C23H30ClN3O2. The molecule has 2 atom stereocenters. The second kappa shape index (κ2) is 9.59. The van der Waals surface area contributed by atoms with E-state index in [0.717, 1.165) is 48.6 Å². The number of nitrogens with one attached hydrogen (secondary N) is 2. The van der Waals surface area contributed by atoms with Crippen molar-refractivity contribution in [3.05, 3.63) is 48.0 Å². The first kappa shape index (κ1) is 21.6. The number of likely N-dealkylation sites (tertiary alicyclic amines) is 1. The average Bonchev–Trinajstić information content (AvgIpc) is 2.74. The number of hydrogen-bond acceptors (Lipinski definition) is 3. The first-order valence-corrected chi connectivity index (χ1v) is 10.4. The van der Waals surface area contributed by atoms with E-state index in [1.807, 2.05) is 47.4 Å². The normalized spacial score (nSPS) is 22.7. The van der Waals surface area contributed by atoms with Crippen LogP contribution in [0.15, 0.2) is 42.5 Å². The third kappa shape index (κ3) is 4.73. The summed E-state index contributed by atoms with van der Waals surface area (Å²) < 4.78 is 0. The van der Waals surface area contributed by atoms with Gasteiger partial charge in [0.15, 0.2) is 0 Å². The second-order valence-electron chi connectivity index (χ2n) is 8.09. The maximum Gasteiger partial charge on any atom is 0.254 e. The van der Waals surface area contributed by atoms with Crippen molar-refractivity contribution in [3.63, 3.8) is 0 Å². The minimum absolute atomic E-state index is 0. The van der Waals surface area contributed by atoms with Gasteiger partial charge >= 0.3 is 0 Å². The van der Waals surface area contributed by atoms with E-state index < -0.39 is 0 Å². The van der Waals surface area contributed by atoms with Gasteiger partial charge in [0.25, 0.3) is 5.91 Å². The highest BCUT2D eigenvalue weighted by atomic mass is 35.5. The van der Waals surface area contributed by atoms with Gasteiger partial charge in [-0.25, -0.2) is 0 Å². The molecule has 156 valence electrons. The van der Waals surface area contributed by atoms with Crippen molar-refractivity contribution in [2.45, 2.75) is 44.7 Å². The fourth-order valence-corrected chi connectivity index (χ4v) is 4.47. The van der Waals surface area contributed by atoms with Gasteiger partial charge in [-0.05, 0) is 56.0 Å². The van der Waals surface area contributed by atoms with Gasteiger partial charge < -0.3 is 15.5 Å². The quantitative estimate of drug-likeness (QED) is 0.807. The maximum atomic E-state index is 13.1. The highest BCUT2D eigenvalue weighted by Gasteiger charge is 2.30. The molecule has 0 aromatic heterocycles. The Labute approximate surface area is 178 Å². The number of rotatable bonds is 3. The Hall–Kier alpha value is -2.11. The molecule has 0 saturated carbocycles. The van der Waals surface area contributed by atoms with Gasteiger partial charge in [-0.3, -0.25) is 9.59 Å². The smallest absolute Gasteiger partial charge is 0.254 e. The number of piperidine rings is 2. The van der Waals surface area contributed by atoms with Crippen molar-refractivity contribution < 1.29 is 9.59 Å². The van der Waals surface area contributed by atoms with E-state index in [1.165, 1.54) is 0 Å². The first-order valence-electron chi connectivity index (χ1n) is 10.4. The first-order chi connectivity index (χ1) is 13.6. The zero-order chi connectivity index (χ0) is 19.5. The molecule has 2 saturated heterocycles. The molecule has 2 aromatic rings. The van der Waals surface area contributed by atoms with Crippen LogP contribution in [0, 0.1) is 5.92 Å². The summed E-state index contributed by atoms with van der Waals surface area (Å²) >= 11 is 0. The number of carbonyl (C=O) groups excluding carboxylic acids is 2. The molecule has 0 radical (unpaired) electrons. The zero-order valence-corrected chi connectivity index (χ0v) is 17.7.